The van der Waals surface area contributed by atoms with Gasteiger partial charge in [0, 0.05) is 12.8 Å². The van der Waals surface area contributed by atoms with Crippen LogP contribution in [0.2, 0.25) is 0 Å². The highest BCUT2D eigenvalue weighted by atomic mass is 16.5. The molecule has 0 aliphatic heterocycles. The van der Waals surface area contributed by atoms with Crippen molar-refractivity contribution in [3.8, 4) is 0 Å². The van der Waals surface area contributed by atoms with Gasteiger partial charge in [0.1, 0.15) is 0 Å². The fraction of sp³-hybridized carbons (Fsp3) is 0.921. The Balaban J connectivity index is 3.32. The normalized spacial score (nSPS) is 12.6. The summed E-state index contributed by atoms with van der Waals surface area (Å²) in [5, 5.41) is 23.2. The second-order valence-electron chi connectivity index (χ2n) is 26.0. The van der Waals surface area contributed by atoms with E-state index < -0.39 is 12.1 Å². The van der Waals surface area contributed by atoms with Crippen LogP contribution in [0.4, 0.5) is 0 Å². The molecular formula is C76H147NO5. The molecule has 0 radical (unpaired) electrons. The van der Waals surface area contributed by atoms with E-state index in [0.29, 0.717) is 19.4 Å². The number of unbranched alkanes of at least 4 members (excludes halogenated alkanes) is 58. The van der Waals surface area contributed by atoms with Gasteiger partial charge in [-0.1, -0.05) is 385 Å². The Labute approximate surface area is 513 Å². The van der Waals surface area contributed by atoms with E-state index in [2.05, 4.69) is 31.3 Å². The second kappa shape index (κ2) is 71.8. The van der Waals surface area contributed by atoms with Crippen molar-refractivity contribution in [1.29, 1.82) is 0 Å². The largest absolute Gasteiger partial charge is 0.466 e. The molecule has 0 saturated heterocycles. The first-order chi connectivity index (χ1) is 40.5. The van der Waals surface area contributed by atoms with E-state index in [4.69, 9.17) is 4.74 Å². The van der Waals surface area contributed by atoms with Crippen molar-refractivity contribution in [3.05, 3.63) is 24.3 Å². The van der Waals surface area contributed by atoms with E-state index >= 15 is 0 Å². The number of ether oxygens (including phenoxy) is 1. The van der Waals surface area contributed by atoms with Gasteiger partial charge in [0.15, 0.2) is 0 Å². The molecule has 82 heavy (non-hydrogen) atoms. The summed E-state index contributed by atoms with van der Waals surface area (Å²) >= 11 is 0. The lowest BCUT2D eigenvalue weighted by Crippen LogP contribution is -2.45. The van der Waals surface area contributed by atoms with Gasteiger partial charge in [-0.2, -0.15) is 0 Å². The lowest BCUT2D eigenvalue weighted by atomic mass is 10.0. The number of carbonyl (C=O) groups excluding carboxylic acids is 2. The molecule has 0 aromatic rings. The van der Waals surface area contributed by atoms with Gasteiger partial charge in [-0.25, -0.2) is 0 Å². The molecule has 0 bridgehead atoms. The molecule has 0 rings (SSSR count). The van der Waals surface area contributed by atoms with Crippen molar-refractivity contribution in [2.24, 2.45) is 0 Å². The minimum atomic E-state index is -0.840. The third-order valence-corrected chi connectivity index (χ3v) is 17.7. The molecule has 0 aliphatic carbocycles. The van der Waals surface area contributed by atoms with Gasteiger partial charge in [0.05, 0.1) is 25.4 Å². The predicted octanol–water partition coefficient (Wildman–Crippen LogP) is 24.5. The van der Waals surface area contributed by atoms with Crippen LogP contribution in [0.1, 0.15) is 425 Å². The average Bonchev–Trinajstić information content (AvgIpc) is 3.48. The number of hydrogen-bond acceptors (Lipinski definition) is 5. The van der Waals surface area contributed by atoms with Gasteiger partial charge in [-0.05, 0) is 51.4 Å². The Hall–Kier alpha value is -1.66. The number of aliphatic hydroxyl groups excluding tert-OH is 2. The van der Waals surface area contributed by atoms with Crippen molar-refractivity contribution in [3.63, 3.8) is 0 Å². The maximum atomic E-state index is 12.5. The molecule has 486 valence electrons. The van der Waals surface area contributed by atoms with Crippen LogP contribution >= 0.6 is 0 Å². The van der Waals surface area contributed by atoms with Gasteiger partial charge in [-0.15, -0.1) is 0 Å². The summed E-state index contributed by atoms with van der Waals surface area (Å²) in [6, 6.07) is -0.623. The van der Waals surface area contributed by atoms with E-state index in [0.717, 1.165) is 44.9 Å². The van der Waals surface area contributed by atoms with E-state index in [1.54, 1.807) is 6.08 Å². The summed E-state index contributed by atoms with van der Waals surface area (Å²) in [6.45, 7) is 4.91. The first kappa shape index (κ1) is 80.3. The zero-order valence-corrected chi connectivity index (χ0v) is 55.8. The highest BCUT2D eigenvalue weighted by Gasteiger charge is 2.18. The van der Waals surface area contributed by atoms with E-state index in [-0.39, 0.29) is 18.5 Å². The minimum Gasteiger partial charge on any atom is -0.466 e. The maximum Gasteiger partial charge on any atom is 0.305 e. The minimum absolute atomic E-state index is 0.0126. The van der Waals surface area contributed by atoms with Gasteiger partial charge in [-0.3, -0.25) is 9.59 Å². The van der Waals surface area contributed by atoms with Gasteiger partial charge in [0.25, 0.3) is 0 Å². The topological polar surface area (TPSA) is 95.9 Å². The second-order valence-corrected chi connectivity index (χ2v) is 26.0. The number of rotatable bonds is 71. The van der Waals surface area contributed by atoms with Gasteiger partial charge < -0.3 is 20.3 Å². The first-order valence-electron chi connectivity index (χ1n) is 37.6. The van der Waals surface area contributed by atoms with Crippen molar-refractivity contribution < 1.29 is 24.5 Å². The first-order valence-corrected chi connectivity index (χ1v) is 37.6. The zero-order chi connectivity index (χ0) is 59.2. The van der Waals surface area contributed by atoms with E-state index in [1.807, 2.05) is 6.08 Å². The van der Waals surface area contributed by atoms with Crippen molar-refractivity contribution >= 4 is 11.9 Å². The van der Waals surface area contributed by atoms with E-state index in [1.165, 1.54) is 353 Å². The number of nitrogens with one attached hydrogen (secondary N) is 1. The fourth-order valence-corrected chi connectivity index (χ4v) is 12.0. The molecule has 6 nitrogen and oxygen atoms in total. The Kier molecular flexibility index (Phi) is 70.4. The zero-order valence-electron chi connectivity index (χ0n) is 55.8. The molecule has 0 aromatic carbocycles. The van der Waals surface area contributed by atoms with Crippen LogP contribution in [0, 0.1) is 0 Å². The summed E-state index contributed by atoms with van der Waals surface area (Å²) in [5.74, 6) is -0.0461. The van der Waals surface area contributed by atoms with E-state index in [9.17, 15) is 19.8 Å². The quantitative estimate of drug-likeness (QED) is 0.0320. The summed E-state index contributed by atoms with van der Waals surface area (Å²) in [4.78, 5) is 24.5. The molecule has 0 spiro atoms. The smallest absolute Gasteiger partial charge is 0.305 e. The Bertz CT molecular complexity index is 1280. The van der Waals surface area contributed by atoms with Crippen LogP contribution in [0.3, 0.4) is 0 Å². The molecule has 0 aliphatic rings. The number of allylic oxidation sites excluding steroid dienone is 3. The van der Waals surface area contributed by atoms with Crippen molar-refractivity contribution in [1.82, 2.24) is 5.32 Å². The van der Waals surface area contributed by atoms with Crippen LogP contribution in [0.5, 0.6) is 0 Å². The highest BCUT2D eigenvalue weighted by molar-refractivity contribution is 5.76. The average molecular weight is 1160 g/mol. The molecule has 2 unspecified atom stereocenters. The van der Waals surface area contributed by atoms with Gasteiger partial charge >= 0.3 is 5.97 Å². The molecule has 0 aromatic heterocycles. The molecule has 1 amide bonds. The fourth-order valence-electron chi connectivity index (χ4n) is 12.0. The third-order valence-electron chi connectivity index (χ3n) is 17.7. The highest BCUT2D eigenvalue weighted by Crippen LogP contribution is 2.20. The number of hydrogen-bond donors (Lipinski definition) is 3. The molecular weight excluding hydrogens is 1010 g/mol. The predicted molar refractivity (Wildman–Crippen MR) is 361 cm³/mol. The maximum absolute atomic E-state index is 12.5. The molecule has 0 saturated carbocycles. The number of esters is 1. The summed E-state index contributed by atoms with van der Waals surface area (Å²) < 4.78 is 5.47. The number of aliphatic hydroxyl groups is 2. The molecule has 3 N–H and O–H groups in total. The lowest BCUT2D eigenvalue weighted by Gasteiger charge is -2.20. The van der Waals surface area contributed by atoms with Crippen LogP contribution < -0.4 is 5.32 Å². The molecule has 0 fully saturated rings. The standard InChI is InChI=1S/C76H147NO5/c1-3-5-7-9-11-13-15-16-17-39-42-45-49-52-56-60-64-68-74(79)73(72-78)77-75(80)69-65-61-57-53-50-46-43-40-37-35-33-31-29-27-25-23-21-19-18-20-22-24-26-28-30-32-34-36-38-41-44-47-51-55-59-63-67-71-82-76(81)70-66-62-58-54-48-14-12-10-8-6-4-2/h10,12,64,68,73-74,78-79H,3-9,11,13-63,65-67,69-72H2,1-2H3,(H,77,80)/b12-10-,68-64+. The third kappa shape index (κ3) is 67.5. The van der Waals surface area contributed by atoms with Crippen molar-refractivity contribution in [2.75, 3.05) is 13.2 Å². The molecule has 6 heteroatoms. The molecule has 2 atom stereocenters. The SMILES string of the molecule is CCCC/C=C\CCCCCCCC(=O)OCCCCCCCCCCCCCCCCCCCCCCCCCCCCCCCCCCCCCCCC(=O)NC(CO)C(O)/C=C/CCCCCCCCCCCCCCCCC. The van der Waals surface area contributed by atoms with Crippen LogP contribution in [-0.4, -0.2) is 47.4 Å². The monoisotopic (exact) mass is 1150 g/mol. The lowest BCUT2D eigenvalue weighted by molar-refractivity contribution is -0.143. The number of carbonyl (C=O) groups is 2. The Morgan fingerprint density at radius 1 is 0.329 bits per heavy atom. The summed E-state index contributed by atoms with van der Waals surface area (Å²) in [6.07, 6.45) is 91.6. The Morgan fingerprint density at radius 3 is 0.902 bits per heavy atom. The summed E-state index contributed by atoms with van der Waals surface area (Å²) in [5.41, 5.74) is 0. The van der Waals surface area contributed by atoms with Gasteiger partial charge in [0.2, 0.25) is 5.91 Å². The van der Waals surface area contributed by atoms with Crippen molar-refractivity contribution in [2.45, 2.75) is 437 Å². The number of amides is 1. The summed E-state index contributed by atoms with van der Waals surface area (Å²) in [7, 11) is 0. The Morgan fingerprint density at radius 2 is 0.585 bits per heavy atom. The van der Waals surface area contributed by atoms with Crippen LogP contribution in [0.25, 0.3) is 0 Å². The molecule has 0 heterocycles. The van der Waals surface area contributed by atoms with Crippen LogP contribution in [-0.2, 0) is 14.3 Å². The van der Waals surface area contributed by atoms with Crippen LogP contribution in [0.15, 0.2) is 24.3 Å².